The lowest BCUT2D eigenvalue weighted by atomic mass is 10.0. The van der Waals surface area contributed by atoms with Crippen LogP contribution < -0.4 is 43.2 Å². The number of unbranched alkanes of at least 4 members (excludes halogenated alkanes) is 6. The Bertz CT molecular complexity index is 2010. The minimum Gasteiger partial charge on any atom is -0.487 e. The summed E-state index contributed by atoms with van der Waals surface area (Å²) >= 11 is 0. The minimum atomic E-state index is -0.892. The molecular weight excluding hydrogens is 775 g/mol. The summed E-state index contributed by atoms with van der Waals surface area (Å²) in [7, 11) is 0. The van der Waals surface area contributed by atoms with Gasteiger partial charge in [-0.15, -0.1) is 0 Å². The molecule has 3 aromatic rings. The Morgan fingerprint density at radius 2 is 1.46 bits per heavy atom. The van der Waals surface area contributed by atoms with Gasteiger partial charge < -0.3 is 57.8 Å². The van der Waals surface area contributed by atoms with Crippen LogP contribution in [0.25, 0.3) is 5.70 Å². The van der Waals surface area contributed by atoms with E-state index in [1.54, 1.807) is 18.2 Å². The number of nitrogens with zero attached hydrogens (tertiary/aromatic N) is 3. The van der Waals surface area contributed by atoms with Gasteiger partial charge in [0.2, 0.25) is 11.8 Å². The topological polar surface area (TPSA) is 232 Å². The van der Waals surface area contributed by atoms with Gasteiger partial charge in [0.05, 0.1) is 30.4 Å². The molecule has 3 aromatic carbocycles. The summed E-state index contributed by atoms with van der Waals surface area (Å²) in [6.45, 7) is 4.77. The summed E-state index contributed by atoms with van der Waals surface area (Å²) in [5.74, 6) is 0.0826. The fraction of sp³-hybridized carbons (Fsp3) is 0.413. The maximum Gasteiger partial charge on any atom is 0.254 e. The third-order valence-electron chi connectivity index (χ3n) is 11.0. The number of hydrogen-bond donors (Lipinski definition) is 6. The molecule has 61 heavy (non-hydrogen) atoms. The van der Waals surface area contributed by atoms with Crippen molar-refractivity contribution in [3.05, 3.63) is 107 Å². The number of anilines is 2. The number of likely N-dealkylation sites (tertiary alicyclic amines) is 1. The first kappa shape index (κ1) is 45.6. The highest BCUT2D eigenvalue weighted by Crippen LogP contribution is 2.28. The number of carbonyl (C=O) groups is 5. The molecule has 2 heterocycles. The zero-order valence-corrected chi connectivity index (χ0v) is 34.9. The summed E-state index contributed by atoms with van der Waals surface area (Å²) in [6.07, 6.45) is 10.5. The molecule has 326 valence electrons. The second-order valence-electron chi connectivity index (χ2n) is 15.6. The Hall–Kier alpha value is -6.51. The van der Waals surface area contributed by atoms with Gasteiger partial charge in [0, 0.05) is 74.3 Å². The first-order chi connectivity index (χ1) is 29.6. The maximum absolute atomic E-state index is 13.0. The fourth-order valence-corrected chi connectivity index (χ4v) is 7.54. The second kappa shape index (κ2) is 23.3. The van der Waals surface area contributed by atoms with Gasteiger partial charge in [-0.1, -0.05) is 80.6 Å². The number of carbonyl (C=O) groups excluding carboxylic acids is 5. The van der Waals surface area contributed by atoms with Gasteiger partial charge in [0.1, 0.15) is 24.0 Å². The quantitative estimate of drug-likeness (QED) is 0.0426. The van der Waals surface area contributed by atoms with Crippen LogP contribution in [0.4, 0.5) is 11.4 Å². The van der Waals surface area contributed by atoms with Gasteiger partial charge in [-0.25, -0.2) is 0 Å². The molecule has 0 aliphatic carbocycles. The molecule has 3 amide bonds. The van der Waals surface area contributed by atoms with Crippen LogP contribution >= 0.6 is 0 Å². The average Bonchev–Trinajstić information content (AvgIpc) is 3.26. The Balaban J connectivity index is 0.937. The molecule has 5 rings (SSSR count). The molecule has 0 bridgehead atoms. The predicted octanol–water partition coefficient (Wildman–Crippen LogP) is 4.09. The fourth-order valence-electron chi connectivity index (χ4n) is 7.54. The van der Waals surface area contributed by atoms with Crippen molar-refractivity contribution in [3.63, 3.8) is 0 Å². The smallest absolute Gasteiger partial charge is 0.254 e. The highest BCUT2D eigenvalue weighted by Gasteiger charge is 2.31. The van der Waals surface area contributed by atoms with Gasteiger partial charge >= 0.3 is 0 Å². The molecule has 15 heteroatoms. The van der Waals surface area contributed by atoms with Crippen LogP contribution in [0.5, 0.6) is 5.75 Å². The third kappa shape index (κ3) is 13.8. The van der Waals surface area contributed by atoms with Crippen molar-refractivity contribution in [1.82, 2.24) is 15.1 Å². The molecule has 1 atom stereocenters. The van der Waals surface area contributed by atoms with Crippen molar-refractivity contribution in [2.24, 2.45) is 22.9 Å². The van der Waals surface area contributed by atoms with Gasteiger partial charge in [0.15, 0.2) is 6.29 Å². The first-order valence-corrected chi connectivity index (χ1v) is 21.2. The van der Waals surface area contributed by atoms with E-state index in [2.05, 4.69) is 32.6 Å². The number of rotatable bonds is 24. The number of hydrogen-bond acceptors (Lipinski definition) is 12. The van der Waals surface area contributed by atoms with Gasteiger partial charge in [-0.3, -0.25) is 19.2 Å². The number of ether oxygens (including phenoxy) is 1. The number of amides is 3. The van der Waals surface area contributed by atoms with E-state index in [1.807, 2.05) is 53.4 Å². The molecule has 0 saturated carbocycles. The highest BCUT2D eigenvalue weighted by molar-refractivity contribution is 6.06. The van der Waals surface area contributed by atoms with Gasteiger partial charge in [-0.2, -0.15) is 0 Å². The third-order valence-corrected chi connectivity index (χ3v) is 11.0. The van der Waals surface area contributed by atoms with Crippen LogP contribution in [0, 0.1) is 0 Å². The number of allylic oxidation sites excluding steroid dienone is 1. The van der Waals surface area contributed by atoms with E-state index in [1.165, 1.54) is 0 Å². The molecule has 0 radical (unpaired) electrons. The number of nitrogens with two attached hydrogens (primary N) is 4. The summed E-state index contributed by atoms with van der Waals surface area (Å²) < 4.78 is 6.31. The molecule has 2 aliphatic heterocycles. The van der Waals surface area contributed by atoms with Crippen LogP contribution in [0.15, 0.2) is 90.4 Å². The molecule has 2 fully saturated rings. The summed E-state index contributed by atoms with van der Waals surface area (Å²) in [5.41, 5.74) is 27.7. The van der Waals surface area contributed by atoms with Crippen molar-refractivity contribution in [1.29, 1.82) is 0 Å². The zero-order chi connectivity index (χ0) is 43.6. The lowest BCUT2D eigenvalue weighted by molar-refractivity contribution is -0.131. The monoisotopic (exact) mass is 835 g/mol. The van der Waals surface area contributed by atoms with Crippen LogP contribution in [-0.4, -0.2) is 98.1 Å². The van der Waals surface area contributed by atoms with E-state index in [4.69, 9.17) is 27.7 Å². The Kier molecular flexibility index (Phi) is 17.4. The normalized spacial score (nSPS) is 14.7. The predicted molar refractivity (Wildman–Crippen MR) is 238 cm³/mol. The molecule has 15 nitrogen and oxygen atoms in total. The van der Waals surface area contributed by atoms with Crippen molar-refractivity contribution in [2.45, 2.75) is 76.4 Å². The summed E-state index contributed by atoms with van der Waals surface area (Å²) in [5, 5.41) is 5.85. The number of aldehydes is 2. The molecule has 0 spiro atoms. The number of benzene rings is 3. The maximum atomic E-state index is 13.0. The van der Waals surface area contributed by atoms with Crippen LogP contribution in [0.3, 0.4) is 0 Å². The Morgan fingerprint density at radius 1 is 0.770 bits per heavy atom. The first-order valence-electron chi connectivity index (χ1n) is 21.2. The zero-order valence-electron chi connectivity index (χ0n) is 34.9. The lowest BCUT2D eigenvalue weighted by Gasteiger charge is -2.41. The van der Waals surface area contributed by atoms with Crippen molar-refractivity contribution < 1.29 is 28.7 Å². The van der Waals surface area contributed by atoms with Crippen molar-refractivity contribution >= 4 is 47.4 Å². The SMILES string of the molecule is NC(=O)CCC(C=O)NC(=O)c1c(C=O)cccc1NCCCCCCCCCC(=O)N1CCN(c2cccc(OC3CN(C(/C=C(\N)c4ccccc4)=C(N)N)C3)c2)CC1. The van der Waals surface area contributed by atoms with Crippen molar-refractivity contribution in [3.8, 4) is 5.75 Å². The van der Waals surface area contributed by atoms with E-state index >= 15 is 0 Å². The van der Waals surface area contributed by atoms with Crippen molar-refractivity contribution in [2.75, 3.05) is 56.0 Å². The molecule has 2 aliphatic rings. The largest absolute Gasteiger partial charge is 0.487 e. The Labute approximate surface area is 358 Å². The van der Waals surface area contributed by atoms with E-state index in [0.29, 0.717) is 68.8 Å². The number of piperazine rings is 1. The number of primary amides is 1. The molecule has 0 aromatic heterocycles. The Morgan fingerprint density at radius 3 is 2.13 bits per heavy atom. The van der Waals surface area contributed by atoms with E-state index < -0.39 is 17.9 Å². The van der Waals surface area contributed by atoms with Crippen LogP contribution in [-0.2, 0) is 14.4 Å². The van der Waals surface area contributed by atoms with E-state index in [0.717, 1.165) is 75.0 Å². The molecular formula is C46H61N9O6. The lowest BCUT2D eigenvalue weighted by Crippen LogP contribution is -2.53. The standard InChI is InChI=1S/C46H61N9O6/c47-39(33-13-7-6-8-14-33)28-41(45(49)50)55-29-38(30-55)61-37-17-12-16-36(27-37)53-23-25-54(26-24-53)43(59)19-9-4-2-1-3-5-10-22-51-40-18-11-15-34(31-56)44(40)46(60)52-35(32-57)20-21-42(48)58/h6-8,11-18,27-28,31-32,35,38,51H,1-5,9-10,19-26,29-30,47,49-50H2,(H2,48,58)(H,52,60)/b39-28-. The molecule has 1 unspecified atom stereocenters. The summed E-state index contributed by atoms with van der Waals surface area (Å²) in [6, 6.07) is 21.9. The second-order valence-corrected chi connectivity index (χ2v) is 15.6. The van der Waals surface area contributed by atoms with Crippen LogP contribution in [0.2, 0.25) is 0 Å². The average molecular weight is 836 g/mol. The van der Waals surface area contributed by atoms with E-state index in [9.17, 15) is 24.0 Å². The molecule has 2 saturated heterocycles. The molecule has 10 N–H and O–H groups in total. The van der Waals surface area contributed by atoms with Gasteiger partial charge in [-0.05, 0) is 49.1 Å². The minimum absolute atomic E-state index is 0.0154. The highest BCUT2D eigenvalue weighted by atomic mass is 16.5. The van der Waals surface area contributed by atoms with Gasteiger partial charge in [0.25, 0.3) is 5.91 Å². The summed E-state index contributed by atoms with van der Waals surface area (Å²) in [4.78, 5) is 66.6. The van der Waals surface area contributed by atoms with Crippen LogP contribution in [0.1, 0.15) is 90.5 Å². The van der Waals surface area contributed by atoms with E-state index in [-0.39, 0.29) is 41.8 Å². The number of nitrogens with one attached hydrogen (secondary N) is 2.